The first-order valence-corrected chi connectivity index (χ1v) is 39.6. The lowest BCUT2D eigenvalue weighted by atomic mass is 9.86. The second kappa shape index (κ2) is 42.1. The number of hydrogen-bond acceptors (Lipinski definition) is 30. The Morgan fingerprint density at radius 2 is 0.764 bits per heavy atom. The van der Waals surface area contributed by atoms with Crippen molar-refractivity contribution < 1.29 is 138 Å². The average molecular weight is 1700 g/mol. The predicted octanol–water partition coefficient (Wildman–Crippen LogP) is 11.0. The summed E-state index contributed by atoms with van der Waals surface area (Å²) >= 11 is 0.975. The molecule has 3 aliphatic heterocycles. The van der Waals surface area contributed by atoms with Gasteiger partial charge in [0.1, 0.15) is 67.9 Å². The van der Waals surface area contributed by atoms with Crippen LogP contribution in [0.5, 0.6) is 0 Å². The summed E-state index contributed by atoms with van der Waals surface area (Å²) in [5.74, 6) is -18.7. The monoisotopic (exact) mass is 1700 g/mol. The van der Waals surface area contributed by atoms with Gasteiger partial charge in [-0.1, -0.05) is 176 Å². The van der Waals surface area contributed by atoms with Crippen LogP contribution in [0.15, 0.2) is 278 Å². The van der Waals surface area contributed by atoms with Crippen LogP contribution in [0, 0.1) is 0 Å². The van der Waals surface area contributed by atoms with Crippen LogP contribution in [0.4, 0.5) is 0 Å². The highest BCUT2D eigenvalue weighted by Crippen LogP contribution is 2.46. The Morgan fingerprint density at radius 3 is 1.17 bits per heavy atom. The molecule has 3 heterocycles. The van der Waals surface area contributed by atoms with E-state index < -0.39 is 201 Å². The van der Waals surface area contributed by atoms with Crippen LogP contribution in [0.25, 0.3) is 0 Å². The molecule has 30 nitrogen and oxygen atoms in total. The minimum Gasteiger partial charge on any atom is -0.465 e. The van der Waals surface area contributed by atoms with Gasteiger partial charge in [0.15, 0.2) is 42.9 Å². The Balaban J connectivity index is 1.10. The van der Waals surface area contributed by atoms with E-state index in [1.54, 1.807) is 103 Å². The molecule has 0 aliphatic carbocycles. The second-order valence-electron chi connectivity index (χ2n) is 28.0. The largest absolute Gasteiger partial charge is 0.465 e. The van der Waals surface area contributed by atoms with Crippen molar-refractivity contribution in [3.63, 3.8) is 0 Å². The van der Waals surface area contributed by atoms with E-state index in [0.717, 1.165) is 46.6 Å². The van der Waals surface area contributed by atoms with E-state index in [9.17, 15) is 43.2 Å². The van der Waals surface area contributed by atoms with Gasteiger partial charge in [0.2, 0.25) is 11.8 Å². The number of hydrogen-bond donors (Lipinski definition) is 0. The van der Waals surface area contributed by atoms with Gasteiger partial charge in [-0.05, 0) is 109 Å². The number of ether oxygens (including phenoxy) is 16. The van der Waals surface area contributed by atoms with E-state index in [1.165, 1.54) is 170 Å². The van der Waals surface area contributed by atoms with Crippen LogP contribution in [0.1, 0.15) is 117 Å². The van der Waals surface area contributed by atoms with E-state index in [2.05, 4.69) is 0 Å². The molecule has 0 saturated carbocycles. The SMILES string of the molecule is COC(=O)[C@@]1(O[C@H]2[C@@H](OC(=O)c3ccccc3)[C@@H](COC(=O)c3ccccc3)O[C@@H](O[C@H]3[C@H](OC(=O)c4ccccc4)[C@@H](OC(=O)c4ccccc4)[C@H](Sc4ccccc4)O[C@@H]3COC(=O)c3ccccc3)[C@@H]2OC(C)=O)C[C@H](OC(=O)c2ccccc2)[C@@H](N(C(C)=O)C(C)=O)[C@H]([C@H](OC(C)=O)[C@@H](COC(=O)c2ccccc2)OC(=O)c2ccccc2)O1. The number of thioether (sulfide) groups is 1. The van der Waals surface area contributed by atoms with Gasteiger partial charge in [-0.2, -0.15) is 0 Å². The molecule has 0 N–H and O–H groups in total. The van der Waals surface area contributed by atoms with Gasteiger partial charge in [0, 0.05) is 32.6 Å². The Labute approximate surface area is 709 Å². The lowest BCUT2D eigenvalue weighted by Gasteiger charge is -2.53. The molecule has 0 bridgehead atoms. The zero-order valence-corrected chi connectivity index (χ0v) is 67.5. The summed E-state index contributed by atoms with van der Waals surface area (Å²) in [5, 5.41) is 0. The van der Waals surface area contributed by atoms with Crippen LogP contribution in [-0.4, -0.2) is 206 Å². The lowest BCUT2D eigenvalue weighted by Crippen LogP contribution is -2.73. The molecule has 0 radical (unpaired) electrons. The highest BCUT2D eigenvalue weighted by molar-refractivity contribution is 7.99. The van der Waals surface area contributed by atoms with Crippen molar-refractivity contribution in [2.24, 2.45) is 0 Å². The van der Waals surface area contributed by atoms with Gasteiger partial charge < -0.3 is 75.8 Å². The number of esters is 11. The third kappa shape index (κ3) is 22.7. The molecule has 16 atom stereocenters. The third-order valence-corrected chi connectivity index (χ3v) is 20.7. The van der Waals surface area contributed by atoms with Gasteiger partial charge in [0.05, 0.1) is 58.0 Å². The molecular weight excluding hydrogens is 1620 g/mol. The molecule has 636 valence electrons. The fourth-order valence-corrected chi connectivity index (χ4v) is 15.1. The van der Waals surface area contributed by atoms with Crippen LogP contribution in [0.3, 0.4) is 0 Å². The zero-order valence-electron chi connectivity index (χ0n) is 66.7. The summed E-state index contributed by atoms with van der Waals surface area (Å²) in [6.07, 6.45) is -30.3. The number of carbonyl (C=O) groups is 13. The van der Waals surface area contributed by atoms with E-state index in [4.69, 9.17) is 75.8 Å². The summed E-state index contributed by atoms with van der Waals surface area (Å²) in [4.78, 5) is 194. The first-order chi connectivity index (χ1) is 59.5. The highest BCUT2D eigenvalue weighted by Gasteiger charge is 2.66. The molecule has 3 fully saturated rings. The van der Waals surface area contributed by atoms with Crippen molar-refractivity contribution >= 4 is 89.2 Å². The molecule has 3 saturated heterocycles. The highest BCUT2D eigenvalue weighted by atomic mass is 32.2. The smallest absolute Gasteiger partial charge is 0.366 e. The van der Waals surface area contributed by atoms with E-state index >= 15 is 19.2 Å². The number of carbonyl (C=O) groups excluding carboxylic acids is 13. The van der Waals surface area contributed by atoms with Crippen LogP contribution in [0.2, 0.25) is 0 Å². The van der Waals surface area contributed by atoms with Gasteiger partial charge in [-0.25, -0.2) is 43.2 Å². The number of benzene rings is 9. The van der Waals surface area contributed by atoms with Gasteiger partial charge in [-0.3, -0.25) is 24.1 Å². The zero-order chi connectivity index (χ0) is 87.1. The van der Waals surface area contributed by atoms with Crippen LogP contribution >= 0.6 is 11.8 Å². The molecule has 9 aromatic rings. The standard InChI is InChI=1S/C92H83NO29S/c1-55(94)93(56(2)95)72-68(113-84(101)62-39-21-9-22-40-62)51-92(91(106)107-5,121-76(72)73(111-57(3)96)69(114-85(102)63-41-23-10-24-42-63)52-108-81(98)59-33-15-6-16-34-59)122-78-75(117-86(103)64-43-25-11-26-44-64)70(53-109-82(99)60-35-17-7-18-36-60)115-89(79(78)112-58(4)97)120-74-71(54-110-83(100)61-37-19-8-20-38-61)116-90(123-67-49-31-14-32-50-67)80(119-88(105)66-47-29-13-30-48-66)77(74)118-87(104)65-45-27-12-28-46-65/h6-50,68-80,89-90H,51-54H2,1-5H3/t68-,69+,70+,71+,72+,73+,74+,75-,76+,77-,78-,79+,80+,89-,90-,92-/m0/s1. The van der Waals surface area contributed by atoms with Gasteiger partial charge in [-0.15, -0.1) is 0 Å². The molecule has 9 aromatic carbocycles. The molecule has 31 heteroatoms. The van der Waals surface area contributed by atoms with E-state index in [-0.39, 0.29) is 44.5 Å². The minimum atomic E-state index is -3.51. The summed E-state index contributed by atoms with van der Waals surface area (Å²) < 4.78 is 104. The number of nitrogens with zero attached hydrogens (tertiary/aromatic N) is 1. The minimum absolute atomic E-state index is 0.0141. The maximum absolute atomic E-state index is 16.2. The van der Waals surface area contributed by atoms with E-state index in [1.807, 2.05) is 0 Å². The Kier molecular flexibility index (Phi) is 30.4. The topological polar surface area (TPSA) is 373 Å². The lowest BCUT2D eigenvalue weighted by molar-refractivity contribution is -0.381. The average Bonchev–Trinajstić information content (AvgIpc) is 0.737. The Morgan fingerprint density at radius 1 is 0.390 bits per heavy atom. The quantitative estimate of drug-likeness (QED) is 0.0288. The normalized spacial score (nSPS) is 22.6. The fraction of sp³-hybridized carbons (Fsp3) is 0.272. The molecule has 12 rings (SSSR count). The number of imide groups is 1. The molecule has 0 aromatic heterocycles. The first-order valence-electron chi connectivity index (χ1n) is 38.7. The molecule has 2 amide bonds. The molecular formula is C92H83NO29S. The van der Waals surface area contributed by atoms with Gasteiger partial charge >= 0.3 is 65.7 Å². The summed E-state index contributed by atoms with van der Waals surface area (Å²) in [6.45, 7) is 0.607. The van der Waals surface area contributed by atoms with E-state index in [0.29, 0.717) is 9.80 Å². The van der Waals surface area contributed by atoms with Crippen LogP contribution in [-0.2, 0) is 99.8 Å². The van der Waals surface area contributed by atoms with Crippen molar-refractivity contribution in [1.82, 2.24) is 4.90 Å². The van der Waals surface area contributed by atoms with Crippen molar-refractivity contribution in [2.75, 3.05) is 26.9 Å². The maximum Gasteiger partial charge on any atom is 0.366 e. The third-order valence-electron chi connectivity index (χ3n) is 19.5. The number of rotatable bonds is 31. The Hall–Kier alpha value is -13.6. The number of amides is 2. The first kappa shape index (κ1) is 88.7. The fourth-order valence-electron chi connectivity index (χ4n) is 14.0. The summed E-state index contributed by atoms with van der Waals surface area (Å²) in [6, 6.07) is 65.4. The van der Waals surface area contributed by atoms with Crippen molar-refractivity contribution in [3.8, 4) is 0 Å². The Bertz CT molecular complexity index is 5150. The van der Waals surface area contributed by atoms with Crippen molar-refractivity contribution in [2.45, 2.75) is 136 Å². The summed E-state index contributed by atoms with van der Waals surface area (Å²) in [5.41, 5.74) is -2.18. The predicted molar refractivity (Wildman–Crippen MR) is 430 cm³/mol. The number of methoxy groups -OCH3 is 1. The summed E-state index contributed by atoms with van der Waals surface area (Å²) in [7, 11) is 0.824. The molecule has 0 unspecified atom stereocenters. The molecule has 123 heavy (non-hydrogen) atoms. The van der Waals surface area contributed by atoms with Gasteiger partial charge in [0.25, 0.3) is 5.79 Å². The maximum atomic E-state index is 16.2. The second-order valence-corrected chi connectivity index (χ2v) is 29.2. The van der Waals surface area contributed by atoms with Crippen molar-refractivity contribution in [3.05, 3.63) is 317 Å². The molecule has 0 spiro atoms. The van der Waals surface area contributed by atoms with Crippen molar-refractivity contribution in [1.29, 1.82) is 0 Å². The molecule has 3 aliphatic rings. The van der Waals surface area contributed by atoms with Crippen LogP contribution < -0.4 is 0 Å².